The third-order valence-electron chi connectivity index (χ3n) is 6.17. The highest BCUT2D eigenvalue weighted by Gasteiger charge is 2.40. The molecule has 3 aliphatic rings. The number of carboxylic acid groups (broad SMARTS) is 2. The number of hydrogen-bond donors (Lipinski definition) is 3. The van der Waals surface area contributed by atoms with Crippen molar-refractivity contribution in [1.82, 2.24) is 10.2 Å². The van der Waals surface area contributed by atoms with Gasteiger partial charge < -0.3 is 25.2 Å². The number of carbonyl (C=O) groups excluding carboxylic acids is 1. The third kappa shape index (κ3) is 5.81. The first-order chi connectivity index (χ1) is 14.9. The van der Waals surface area contributed by atoms with Crippen LogP contribution in [0.4, 0.5) is 0 Å². The molecule has 4 rings (SSSR count). The molecule has 1 aromatic carbocycles. The fourth-order valence-corrected chi connectivity index (χ4v) is 5.02. The Morgan fingerprint density at radius 1 is 1.12 bits per heavy atom. The largest absolute Gasteiger partial charge is 0.486 e. The second-order valence-electron chi connectivity index (χ2n) is 9.18. The van der Waals surface area contributed by atoms with Crippen molar-refractivity contribution in [3.63, 3.8) is 0 Å². The Balaban J connectivity index is 0.000000312. The first-order valence-corrected chi connectivity index (χ1v) is 11.0. The molecule has 2 unspecified atom stereocenters. The molecule has 1 aromatic rings. The van der Waals surface area contributed by atoms with Crippen LogP contribution in [0.3, 0.4) is 0 Å². The maximum atomic E-state index is 12.9. The topological polar surface area (TPSA) is 116 Å². The molecule has 3 aliphatic heterocycles. The number of fused-ring (bicyclic) bond motifs is 3. The number of hydrogen-bond acceptors (Lipinski definition) is 5. The van der Waals surface area contributed by atoms with E-state index in [9.17, 15) is 14.4 Å². The van der Waals surface area contributed by atoms with Gasteiger partial charge in [-0.15, -0.1) is 0 Å². The normalized spacial score (nSPS) is 25.4. The van der Waals surface area contributed by atoms with Crippen molar-refractivity contribution in [3.05, 3.63) is 40.4 Å². The van der Waals surface area contributed by atoms with Crippen LogP contribution in [0.5, 0.6) is 5.75 Å². The summed E-state index contributed by atoms with van der Waals surface area (Å²) in [6, 6.07) is 5.11. The lowest BCUT2D eigenvalue weighted by Crippen LogP contribution is -2.48. The maximum absolute atomic E-state index is 12.9. The Morgan fingerprint density at radius 2 is 1.69 bits per heavy atom. The van der Waals surface area contributed by atoms with Crippen LogP contribution in [-0.2, 0) is 16.0 Å². The van der Waals surface area contributed by atoms with Crippen molar-refractivity contribution < 1.29 is 29.3 Å². The monoisotopic (exact) mass is 464 g/mol. The Kier molecular flexibility index (Phi) is 7.15. The SMILES string of the molecule is CN1C2CCC1CC(NC(=O)c1cc(Cl)cc3c1OC(C)(C)C3)C2.O=C(O)C=CC(=O)O. The van der Waals surface area contributed by atoms with E-state index in [1.807, 2.05) is 19.9 Å². The van der Waals surface area contributed by atoms with E-state index in [0.717, 1.165) is 24.8 Å². The summed E-state index contributed by atoms with van der Waals surface area (Å²) in [5.74, 6) is -1.86. The number of nitrogens with zero attached hydrogens (tertiary/aromatic N) is 1. The number of halogens is 1. The number of carboxylic acids is 2. The molecular formula is C23H29ClN2O6. The van der Waals surface area contributed by atoms with Crippen LogP contribution < -0.4 is 10.1 Å². The van der Waals surface area contributed by atoms with Crippen LogP contribution in [-0.4, -0.2) is 63.7 Å². The van der Waals surface area contributed by atoms with E-state index in [4.69, 9.17) is 26.6 Å². The van der Waals surface area contributed by atoms with Crippen molar-refractivity contribution in [3.8, 4) is 5.75 Å². The lowest BCUT2D eigenvalue weighted by atomic mass is 9.97. The number of carbonyl (C=O) groups is 3. The lowest BCUT2D eigenvalue weighted by Gasteiger charge is -2.36. The van der Waals surface area contributed by atoms with Crippen LogP contribution in [0.15, 0.2) is 24.3 Å². The maximum Gasteiger partial charge on any atom is 0.328 e. The Bertz CT molecular complexity index is 915. The molecule has 3 heterocycles. The van der Waals surface area contributed by atoms with Crippen LogP contribution in [0.2, 0.25) is 5.02 Å². The second-order valence-corrected chi connectivity index (χ2v) is 9.62. The van der Waals surface area contributed by atoms with Gasteiger partial charge in [0.05, 0.1) is 5.56 Å². The fraction of sp³-hybridized carbons (Fsp3) is 0.522. The summed E-state index contributed by atoms with van der Waals surface area (Å²) in [5.41, 5.74) is 1.32. The smallest absolute Gasteiger partial charge is 0.328 e. The van der Waals surface area contributed by atoms with E-state index in [0.29, 0.717) is 40.6 Å². The van der Waals surface area contributed by atoms with Crippen molar-refractivity contribution >= 4 is 29.4 Å². The van der Waals surface area contributed by atoms with Gasteiger partial charge in [0.2, 0.25) is 0 Å². The van der Waals surface area contributed by atoms with Crippen LogP contribution in [0.1, 0.15) is 55.5 Å². The number of aliphatic carboxylic acids is 2. The van der Waals surface area contributed by atoms with Crippen LogP contribution >= 0.6 is 11.6 Å². The Hall–Kier alpha value is -2.58. The van der Waals surface area contributed by atoms with E-state index in [2.05, 4.69) is 17.3 Å². The van der Waals surface area contributed by atoms with Gasteiger partial charge in [0.25, 0.3) is 5.91 Å². The summed E-state index contributed by atoms with van der Waals surface area (Å²) in [7, 11) is 2.21. The van der Waals surface area contributed by atoms with E-state index in [1.54, 1.807) is 6.07 Å². The lowest BCUT2D eigenvalue weighted by molar-refractivity contribution is -0.134. The molecular weight excluding hydrogens is 436 g/mol. The third-order valence-corrected chi connectivity index (χ3v) is 6.39. The van der Waals surface area contributed by atoms with Gasteiger partial charge in [0, 0.05) is 47.3 Å². The van der Waals surface area contributed by atoms with Gasteiger partial charge in [-0.05, 0) is 58.7 Å². The minimum atomic E-state index is -1.26. The predicted octanol–water partition coefficient (Wildman–Crippen LogP) is 3.12. The zero-order chi connectivity index (χ0) is 23.6. The molecule has 174 valence electrons. The number of ether oxygens (including phenoxy) is 1. The molecule has 1 amide bonds. The molecule has 2 atom stereocenters. The highest BCUT2D eigenvalue weighted by molar-refractivity contribution is 6.31. The molecule has 9 heteroatoms. The first-order valence-electron chi connectivity index (χ1n) is 10.6. The quantitative estimate of drug-likeness (QED) is 0.586. The summed E-state index contributed by atoms with van der Waals surface area (Å²) in [6.45, 7) is 4.08. The molecule has 8 nitrogen and oxygen atoms in total. The molecule has 2 bridgehead atoms. The standard InChI is InChI=1S/C19H25ClN2O2.C4H4O4/c1-19(2)10-11-6-12(20)7-16(17(11)24-19)18(23)21-13-8-14-4-5-15(9-13)22(14)3;5-3(6)1-2-4(7)8/h6-7,13-15H,4-5,8-10H2,1-3H3,(H,21,23);1-2H,(H,5,6)(H,7,8). The molecule has 0 aliphatic carbocycles. The molecule has 0 radical (unpaired) electrons. The summed E-state index contributed by atoms with van der Waals surface area (Å²) >= 11 is 6.24. The van der Waals surface area contributed by atoms with Gasteiger partial charge >= 0.3 is 11.9 Å². The van der Waals surface area contributed by atoms with E-state index >= 15 is 0 Å². The number of benzene rings is 1. The summed E-state index contributed by atoms with van der Waals surface area (Å²) in [5, 5.41) is 19.5. The zero-order valence-corrected chi connectivity index (χ0v) is 19.2. The number of nitrogens with one attached hydrogen (secondary N) is 1. The molecule has 2 saturated heterocycles. The average molecular weight is 465 g/mol. The highest BCUT2D eigenvalue weighted by Crippen LogP contribution is 2.40. The fourth-order valence-electron chi connectivity index (χ4n) is 4.78. The zero-order valence-electron chi connectivity index (χ0n) is 18.4. The van der Waals surface area contributed by atoms with Gasteiger partial charge in [-0.25, -0.2) is 9.59 Å². The molecule has 2 fully saturated rings. The Morgan fingerprint density at radius 3 is 2.22 bits per heavy atom. The van der Waals surface area contributed by atoms with Gasteiger partial charge in [0.15, 0.2) is 0 Å². The minimum Gasteiger partial charge on any atom is -0.486 e. The number of rotatable bonds is 4. The van der Waals surface area contributed by atoms with Crippen molar-refractivity contribution in [2.24, 2.45) is 0 Å². The molecule has 0 aromatic heterocycles. The van der Waals surface area contributed by atoms with Crippen molar-refractivity contribution in [2.75, 3.05) is 7.05 Å². The van der Waals surface area contributed by atoms with E-state index in [-0.39, 0.29) is 17.6 Å². The highest BCUT2D eigenvalue weighted by atomic mass is 35.5. The van der Waals surface area contributed by atoms with E-state index in [1.165, 1.54) is 12.8 Å². The van der Waals surface area contributed by atoms with Crippen LogP contribution in [0, 0.1) is 0 Å². The van der Waals surface area contributed by atoms with Gasteiger partial charge in [0.1, 0.15) is 11.4 Å². The second kappa shape index (κ2) is 9.50. The summed E-state index contributed by atoms with van der Waals surface area (Å²) in [6.07, 6.45) is 6.46. The number of piperidine rings is 1. The molecule has 0 saturated carbocycles. The average Bonchev–Trinajstić information content (AvgIpc) is 3.08. The van der Waals surface area contributed by atoms with Crippen LogP contribution in [0.25, 0.3) is 0 Å². The number of amides is 1. The van der Waals surface area contributed by atoms with Gasteiger partial charge in [-0.3, -0.25) is 4.79 Å². The van der Waals surface area contributed by atoms with Gasteiger partial charge in [-0.2, -0.15) is 0 Å². The van der Waals surface area contributed by atoms with E-state index < -0.39 is 11.9 Å². The van der Waals surface area contributed by atoms with Crippen molar-refractivity contribution in [2.45, 2.75) is 69.7 Å². The molecule has 3 N–H and O–H groups in total. The first kappa shape index (κ1) is 24.1. The summed E-state index contributed by atoms with van der Waals surface area (Å²) < 4.78 is 6.03. The predicted molar refractivity (Wildman–Crippen MR) is 119 cm³/mol. The molecule has 0 spiro atoms. The Labute approximate surface area is 192 Å². The van der Waals surface area contributed by atoms with Gasteiger partial charge in [-0.1, -0.05) is 11.6 Å². The molecule has 32 heavy (non-hydrogen) atoms. The van der Waals surface area contributed by atoms with Crippen molar-refractivity contribution in [1.29, 1.82) is 0 Å². The minimum absolute atomic E-state index is 0.0552. The summed E-state index contributed by atoms with van der Waals surface area (Å²) in [4.78, 5) is 34.5.